The lowest BCUT2D eigenvalue weighted by molar-refractivity contribution is 0.473. The minimum atomic E-state index is -1.76. The molecule has 0 heterocycles. The molecule has 0 bridgehead atoms. The van der Waals surface area contributed by atoms with Crippen molar-refractivity contribution >= 4 is 16.8 Å². The molecule has 0 atom stereocenters. The molecule has 0 radical (unpaired) electrons. The van der Waals surface area contributed by atoms with E-state index in [0.29, 0.717) is 0 Å². The summed E-state index contributed by atoms with van der Waals surface area (Å²) in [5.41, 5.74) is 0.862. The third kappa shape index (κ3) is 5.97. The normalized spacial score (nSPS) is 18.4. The molecule has 1 fully saturated rings. The van der Waals surface area contributed by atoms with Gasteiger partial charge >= 0.3 is 0 Å². The topological polar surface area (TPSA) is 36.1 Å². The third-order valence-electron chi connectivity index (χ3n) is 4.10. The monoisotopic (exact) mass is 315 g/mol. The van der Waals surface area contributed by atoms with Crippen LogP contribution in [0.2, 0.25) is 25.2 Å². The zero-order valence-electron chi connectivity index (χ0n) is 14.4. The van der Waals surface area contributed by atoms with Gasteiger partial charge in [0.15, 0.2) is 0 Å². The Kier molecular flexibility index (Phi) is 7.97. The quantitative estimate of drug-likeness (QED) is 0.568. The van der Waals surface area contributed by atoms with E-state index >= 15 is 0 Å². The van der Waals surface area contributed by atoms with Gasteiger partial charge in [-0.1, -0.05) is 52.8 Å². The largest absolute Gasteiger partial charge is 0.335 e. The molecule has 1 rings (SSSR count). The van der Waals surface area contributed by atoms with Gasteiger partial charge in [0.05, 0.1) is 0 Å². The van der Waals surface area contributed by atoms with Gasteiger partial charge in [0.25, 0.3) is 8.56 Å². The van der Waals surface area contributed by atoms with Crippen molar-refractivity contribution in [3.8, 4) is 0 Å². The Morgan fingerprint density at radius 2 is 1.35 bits per heavy atom. The highest BCUT2D eigenvalue weighted by Gasteiger charge is 2.44. The Labute approximate surface area is 129 Å². The summed E-state index contributed by atoms with van der Waals surface area (Å²) >= 11 is 0. The fourth-order valence-electron chi connectivity index (χ4n) is 3.31. The molecule has 3 N–H and O–H groups in total. The minimum Gasteiger partial charge on any atom is -0.335 e. The Hall–Kier alpha value is 0.314. The number of hydrogen-bond acceptors (Lipinski definition) is 3. The highest BCUT2D eigenvalue weighted by atomic mass is 28.4. The first-order chi connectivity index (χ1) is 9.43. The van der Waals surface area contributed by atoms with Crippen LogP contribution in [0.4, 0.5) is 0 Å². The van der Waals surface area contributed by atoms with Gasteiger partial charge in [0, 0.05) is 0 Å². The molecule has 3 nitrogen and oxygen atoms in total. The molecule has 0 aromatic carbocycles. The number of rotatable bonds is 9. The fourth-order valence-corrected chi connectivity index (χ4v) is 12.8. The summed E-state index contributed by atoms with van der Waals surface area (Å²) in [6.45, 7) is 14.2. The van der Waals surface area contributed by atoms with Crippen LogP contribution in [-0.4, -0.2) is 29.9 Å². The second kappa shape index (κ2) is 8.68. The molecule has 0 spiro atoms. The van der Waals surface area contributed by atoms with E-state index in [-0.39, 0.29) is 0 Å². The van der Waals surface area contributed by atoms with Gasteiger partial charge in [0.2, 0.25) is 0 Å². The van der Waals surface area contributed by atoms with E-state index in [1.807, 2.05) is 0 Å². The Morgan fingerprint density at radius 3 is 1.75 bits per heavy atom. The zero-order chi connectivity index (χ0) is 15.1. The molecular weight excluding hydrogens is 278 g/mol. The van der Waals surface area contributed by atoms with Crippen LogP contribution in [0.5, 0.6) is 0 Å². The predicted octanol–water partition coefficient (Wildman–Crippen LogP) is 3.68. The van der Waals surface area contributed by atoms with Gasteiger partial charge in [-0.25, -0.2) is 0 Å². The minimum absolute atomic E-state index is 0.862. The van der Waals surface area contributed by atoms with Crippen molar-refractivity contribution < 1.29 is 0 Å². The highest BCUT2D eigenvalue weighted by Crippen LogP contribution is 2.34. The fraction of sp³-hybridized carbons (Fsp3) is 1.00. The van der Waals surface area contributed by atoms with Crippen LogP contribution >= 0.6 is 0 Å². The molecule has 1 aliphatic rings. The maximum Gasteiger partial charge on any atom is 0.277 e. The molecular formula is C15H37N3Si2. The molecule has 0 unspecified atom stereocenters. The second-order valence-corrected chi connectivity index (χ2v) is 16.0. The van der Waals surface area contributed by atoms with E-state index in [4.69, 9.17) is 0 Å². The van der Waals surface area contributed by atoms with Crippen LogP contribution in [-0.2, 0) is 0 Å². The van der Waals surface area contributed by atoms with Crippen LogP contribution < -0.4 is 14.6 Å². The standard InChI is InChI=1S/C15H37N3Si2/c1-6-13-16-20(17-14-7-2,18-19(3,4)5)15-11-9-8-10-12-15/h15-18H,6-14H2,1-5H3. The average Bonchev–Trinajstić information content (AvgIpc) is 2.41. The van der Waals surface area contributed by atoms with E-state index in [1.165, 1.54) is 44.9 Å². The van der Waals surface area contributed by atoms with Crippen LogP contribution in [0.15, 0.2) is 0 Å². The maximum absolute atomic E-state index is 4.16. The molecule has 20 heavy (non-hydrogen) atoms. The van der Waals surface area contributed by atoms with Crippen LogP contribution in [0.3, 0.4) is 0 Å². The summed E-state index contributed by atoms with van der Waals surface area (Å²) in [4.78, 5) is 7.99. The zero-order valence-corrected chi connectivity index (χ0v) is 16.4. The van der Waals surface area contributed by atoms with Crippen molar-refractivity contribution in [1.82, 2.24) is 14.6 Å². The maximum atomic E-state index is 4.16. The first-order valence-corrected chi connectivity index (χ1v) is 14.3. The Bertz CT molecular complexity index is 252. The summed E-state index contributed by atoms with van der Waals surface area (Å²) in [5, 5.41) is 0. The molecule has 1 saturated carbocycles. The van der Waals surface area contributed by atoms with Gasteiger partial charge in [-0.3, -0.25) is 0 Å². The highest BCUT2D eigenvalue weighted by molar-refractivity contribution is 6.90. The number of nitrogens with one attached hydrogen (secondary N) is 3. The summed E-state index contributed by atoms with van der Waals surface area (Å²) in [6.07, 6.45) is 9.57. The second-order valence-electron chi connectivity index (χ2n) is 7.37. The van der Waals surface area contributed by atoms with E-state index in [2.05, 4.69) is 48.1 Å². The van der Waals surface area contributed by atoms with E-state index in [0.717, 1.165) is 18.6 Å². The van der Waals surface area contributed by atoms with Crippen LogP contribution in [0, 0.1) is 0 Å². The molecule has 0 saturated heterocycles. The van der Waals surface area contributed by atoms with Crippen LogP contribution in [0.1, 0.15) is 58.8 Å². The summed E-state index contributed by atoms with van der Waals surface area (Å²) < 4.78 is 4.16. The molecule has 1 aliphatic carbocycles. The molecule has 0 aliphatic heterocycles. The van der Waals surface area contributed by atoms with Crippen LogP contribution in [0.25, 0.3) is 0 Å². The third-order valence-corrected chi connectivity index (χ3v) is 12.1. The predicted molar refractivity (Wildman–Crippen MR) is 95.7 cm³/mol. The van der Waals surface area contributed by atoms with E-state index in [1.54, 1.807) is 0 Å². The molecule has 5 heteroatoms. The lowest BCUT2D eigenvalue weighted by Crippen LogP contribution is -2.79. The van der Waals surface area contributed by atoms with Gasteiger partial charge < -0.3 is 14.6 Å². The van der Waals surface area contributed by atoms with E-state index < -0.39 is 16.8 Å². The first-order valence-electron chi connectivity index (χ1n) is 8.73. The van der Waals surface area contributed by atoms with Crippen molar-refractivity contribution in [2.45, 2.75) is 84.0 Å². The SMILES string of the molecule is CCCN[Si](NCCC)(N[Si](C)(C)C)C1CCCCC1. The van der Waals surface area contributed by atoms with E-state index in [9.17, 15) is 0 Å². The summed E-state index contributed by atoms with van der Waals surface area (Å²) in [7, 11) is -3.05. The van der Waals surface area contributed by atoms with Gasteiger partial charge in [-0.15, -0.1) is 0 Å². The smallest absolute Gasteiger partial charge is 0.277 e. The van der Waals surface area contributed by atoms with Crippen molar-refractivity contribution in [2.24, 2.45) is 0 Å². The lowest BCUT2D eigenvalue weighted by atomic mass is 10.0. The van der Waals surface area contributed by atoms with Gasteiger partial charge in [-0.2, -0.15) is 0 Å². The van der Waals surface area contributed by atoms with Gasteiger partial charge in [-0.05, 0) is 44.3 Å². The lowest BCUT2D eigenvalue weighted by Gasteiger charge is -2.45. The molecule has 0 aromatic heterocycles. The van der Waals surface area contributed by atoms with Crippen molar-refractivity contribution in [3.05, 3.63) is 0 Å². The van der Waals surface area contributed by atoms with Crippen molar-refractivity contribution in [1.29, 1.82) is 0 Å². The average molecular weight is 316 g/mol. The summed E-state index contributed by atoms with van der Waals surface area (Å²) in [6, 6.07) is 0. The molecule has 0 aromatic rings. The van der Waals surface area contributed by atoms with Crippen molar-refractivity contribution in [2.75, 3.05) is 13.1 Å². The Morgan fingerprint density at radius 1 is 0.850 bits per heavy atom. The number of hydrogen-bond donors (Lipinski definition) is 3. The Balaban J connectivity index is 2.89. The summed E-state index contributed by atoms with van der Waals surface area (Å²) in [5.74, 6) is 0. The molecule has 120 valence electrons. The first kappa shape index (κ1) is 18.4. The molecule has 0 amide bonds. The van der Waals surface area contributed by atoms with Gasteiger partial charge in [0.1, 0.15) is 8.24 Å². The van der Waals surface area contributed by atoms with Crippen molar-refractivity contribution in [3.63, 3.8) is 0 Å².